The second-order valence-electron chi connectivity index (χ2n) is 3.43. The van der Waals surface area contributed by atoms with E-state index in [0.29, 0.717) is 5.69 Å². The van der Waals surface area contributed by atoms with Gasteiger partial charge in [0.05, 0.1) is 5.56 Å². The number of aromatic nitrogens is 2. The smallest absolute Gasteiger partial charge is 0.354 e. The van der Waals surface area contributed by atoms with Crippen molar-refractivity contribution in [1.29, 1.82) is 0 Å². The maximum Gasteiger partial charge on any atom is 0.354 e. The Morgan fingerprint density at radius 1 is 1.11 bits per heavy atom. The monoisotopic (exact) mass is 243 g/mol. The second kappa shape index (κ2) is 5.05. The summed E-state index contributed by atoms with van der Waals surface area (Å²) in [7, 11) is 0. The summed E-state index contributed by atoms with van der Waals surface area (Å²) in [4.78, 5) is 29.9. The lowest BCUT2D eigenvalue weighted by molar-refractivity contribution is 0.0690. The molecule has 0 radical (unpaired) electrons. The van der Waals surface area contributed by atoms with Crippen molar-refractivity contribution in [2.24, 2.45) is 0 Å². The Hall–Kier alpha value is -2.76. The van der Waals surface area contributed by atoms with Crippen molar-refractivity contribution in [1.82, 2.24) is 9.97 Å². The van der Waals surface area contributed by atoms with Gasteiger partial charge in [-0.3, -0.25) is 9.78 Å². The number of anilines is 1. The van der Waals surface area contributed by atoms with Gasteiger partial charge >= 0.3 is 5.97 Å². The topological polar surface area (TPSA) is 92.2 Å². The zero-order valence-corrected chi connectivity index (χ0v) is 9.20. The van der Waals surface area contributed by atoms with Crippen LogP contribution in [-0.4, -0.2) is 27.0 Å². The molecular weight excluding hydrogens is 234 g/mol. The molecule has 2 heterocycles. The predicted molar refractivity (Wildman–Crippen MR) is 63.4 cm³/mol. The number of amides is 1. The van der Waals surface area contributed by atoms with Gasteiger partial charge in [0, 0.05) is 24.3 Å². The minimum Gasteiger partial charge on any atom is -0.477 e. The lowest BCUT2D eigenvalue weighted by atomic mass is 10.2. The Balaban J connectivity index is 2.12. The molecule has 1 amide bonds. The summed E-state index contributed by atoms with van der Waals surface area (Å²) < 4.78 is 0. The molecule has 0 unspecified atom stereocenters. The highest BCUT2D eigenvalue weighted by Gasteiger charge is 2.09. The Kier molecular flexibility index (Phi) is 3.29. The van der Waals surface area contributed by atoms with Crippen molar-refractivity contribution in [3.8, 4) is 0 Å². The molecule has 2 N–H and O–H groups in total. The van der Waals surface area contributed by atoms with Crippen LogP contribution in [0.25, 0.3) is 0 Å². The van der Waals surface area contributed by atoms with Crippen LogP contribution in [0.3, 0.4) is 0 Å². The van der Waals surface area contributed by atoms with E-state index in [1.165, 1.54) is 18.3 Å². The first-order valence-electron chi connectivity index (χ1n) is 5.07. The average Bonchev–Trinajstić information content (AvgIpc) is 2.40. The molecule has 2 rings (SSSR count). The molecule has 2 aromatic rings. The Bertz CT molecular complexity index is 567. The number of rotatable bonds is 3. The fraction of sp³-hybridized carbons (Fsp3) is 0. The molecule has 0 saturated heterocycles. The molecular formula is C12H9N3O3. The second-order valence-corrected chi connectivity index (χ2v) is 3.43. The summed E-state index contributed by atoms with van der Waals surface area (Å²) in [5, 5.41) is 11.3. The maximum atomic E-state index is 11.8. The first-order chi connectivity index (χ1) is 8.66. The van der Waals surface area contributed by atoms with E-state index < -0.39 is 5.97 Å². The number of nitrogens with zero attached hydrogens (tertiary/aromatic N) is 2. The van der Waals surface area contributed by atoms with E-state index in [1.54, 1.807) is 24.5 Å². The number of carboxylic acid groups (broad SMARTS) is 1. The van der Waals surface area contributed by atoms with E-state index in [2.05, 4.69) is 15.3 Å². The number of carbonyl (C=O) groups is 2. The molecule has 6 nitrogen and oxygen atoms in total. The molecule has 0 atom stereocenters. The van der Waals surface area contributed by atoms with Gasteiger partial charge in [0.2, 0.25) is 0 Å². The standard InChI is InChI=1S/C12H9N3O3/c16-11(15-9-3-5-13-6-4-9)8-1-2-10(12(17)18)14-7-8/h1-7H,(H,17,18)(H,13,15,16). The van der Waals surface area contributed by atoms with E-state index in [4.69, 9.17) is 5.11 Å². The van der Waals surface area contributed by atoms with Gasteiger partial charge in [-0.05, 0) is 24.3 Å². The van der Waals surface area contributed by atoms with Crippen LogP contribution >= 0.6 is 0 Å². The van der Waals surface area contributed by atoms with E-state index in [-0.39, 0.29) is 17.2 Å². The summed E-state index contributed by atoms with van der Waals surface area (Å²) in [5.41, 5.74) is 0.796. The van der Waals surface area contributed by atoms with Gasteiger partial charge in [-0.2, -0.15) is 0 Å². The SMILES string of the molecule is O=C(Nc1ccncc1)c1ccc(C(=O)O)nc1. The van der Waals surface area contributed by atoms with Crippen LogP contribution in [0.5, 0.6) is 0 Å². The minimum absolute atomic E-state index is 0.101. The number of hydrogen-bond acceptors (Lipinski definition) is 4. The first kappa shape index (κ1) is 11.7. The third kappa shape index (κ3) is 2.67. The third-order valence-electron chi connectivity index (χ3n) is 2.18. The summed E-state index contributed by atoms with van der Waals surface area (Å²) in [6, 6.07) is 5.99. The van der Waals surface area contributed by atoms with Crippen molar-refractivity contribution in [3.63, 3.8) is 0 Å². The molecule has 0 aliphatic rings. The number of carboxylic acids is 1. The number of aromatic carboxylic acids is 1. The Labute approximate surface area is 102 Å². The molecule has 6 heteroatoms. The van der Waals surface area contributed by atoms with Crippen LogP contribution in [0.1, 0.15) is 20.8 Å². The van der Waals surface area contributed by atoms with Crippen molar-refractivity contribution < 1.29 is 14.7 Å². The lowest BCUT2D eigenvalue weighted by Gasteiger charge is -2.04. The zero-order chi connectivity index (χ0) is 13.0. The summed E-state index contributed by atoms with van der Waals surface area (Å²) in [6.07, 6.45) is 4.34. The van der Waals surface area contributed by atoms with Gasteiger partial charge in [-0.1, -0.05) is 0 Å². The molecule has 90 valence electrons. The van der Waals surface area contributed by atoms with Crippen molar-refractivity contribution >= 4 is 17.6 Å². The van der Waals surface area contributed by atoms with Crippen LogP contribution in [0.2, 0.25) is 0 Å². The van der Waals surface area contributed by atoms with Gasteiger partial charge in [0.15, 0.2) is 0 Å². The van der Waals surface area contributed by atoms with Gasteiger partial charge in [0.25, 0.3) is 5.91 Å². The quantitative estimate of drug-likeness (QED) is 0.850. The van der Waals surface area contributed by atoms with E-state index in [9.17, 15) is 9.59 Å². The molecule has 0 aliphatic heterocycles. The fourth-order valence-corrected chi connectivity index (χ4v) is 1.29. The van der Waals surface area contributed by atoms with Crippen LogP contribution < -0.4 is 5.32 Å². The fourth-order valence-electron chi connectivity index (χ4n) is 1.29. The molecule has 0 fully saturated rings. The number of carbonyl (C=O) groups excluding carboxylic acids is 1. The van der Waals surface area contributed by atoms with Crippen molar-refractivity contribution in [3.05, 3.63) is 54.1 Å². The van der Waals surface area contributed by atoms with Gasteiger partial charge < -0.3 is 10.4 Å². The highest BCUT2D eigenvalue weighted by molar-refractivity contribution is 6.04. The average molecular weight is 243 g/mol. The molecule has 18 heavy (non-hydrogen) atoms. The van der Waals surface area contributed by atoms with Crippen molar-refractivity contribution in [2.75, 3.05) is 5.32 Å². The van der Waals surface area contributed by atoms with Gasteiger partial charge in [0.1, 0.15) is 5.69 Å². The first-order valence-corrected chi connectivity index (χ1v) is 5.07. The third-order valence-corrected chi connectivity index (χ3v) is 2.18. The molecule has 2 aromatic heterocycles. The normalized spacial score (nSPS) is 9.78. The van der Waals surface area contributed by atoms with Crippen molar-refractivity contribution in [2.45, 2.75) is 0 Å². The lowest BCUT2D eigenvalue weighted by Crippen LogP contribution is -2.13. The molecule has 0 aliphatic carbocycles. The summed E-state index contributed by atoms with van der Waals surface area (Å²) >= 11 is 0. The maximum absolute atomic E-state index is 11.8. The van der Waals surface area contributed by atoms with Crippen LogP contribution in [-0.2, 0) is 0 Å². The van der Waals surface area contributed by atoms with E-state index in [0.717, 1.165) is 0 Å². The van der Waals surface area contributed by atoms with Crippen LogP contribution in [0, 0.1) is 0 Å². The highest BCUT2D eigenvalue weighted by Crippen LogP contribution is 2.07. The largest absolute Gasteiger partial charge is 0.477 e. The van der Waals surface area contributed by atoms with Crippen LogP contribution in [0.4, 0.5) is 5.69 Å². The van der Waals surface area contributed by atoms with E-state index in [1.807, 2.05) is 0 Å². The number of pyridine rings is 2. The Morgan fingerprint density at radius 3 is 2.39 bits per heavy atom. The molecule has 0 aromatic carbocycles. The molecule has 0 bridgehead atoms. The van der Waals surface area contributed by atoms with Gasteiger partial charge in [-0.25, -0.2) is 9.78 Å². The Morgan fingerprint density at radius 2 is 1.83 bits per heavy atom. The molecule has 0 saturated carbocycles. The number of hydrogen-bond donors (Lipinski definition) is 2. The molecule has 0 spiro atoms. The minimum atomic E-state index is -1.13. The van der Waals surface area contributed by atoms with E-state index >= 15 is 0 Å². The summed E-state index contributed by atoms with van der Waals surface area (Å²) in [6.45, 7) is 0. The zero-order valence-electron chi connectivity index (χ0n) is 9.20. The van der Waals surface area contributed by atoms with Gasteiger partial charge in [-0.15, -0.1) is 0 Å². The number of nitrogens with one attached hydrogen (secondary N) is 1. The predicted octanol–water partition coefficient (Wildman–Crippen LogP) is 1.43. The van der Waals surface area contributed by atoms with Crippen LogP contribution in [0.15, 0.2) is 42.9 Å². The highest BCUT2D eigenvalue weighted by atomic mass is 16.4. The summed E-state index contributed by atoms with van der Waals surface area (Å²) in [5.74, 6) is -1.48.